The number of carbonyl (C=O) groups is 2. The van der Waals surface area contributed by atoms with Crippen LogP contribution in [-0.4, -0.2) is 45.3 Å². The van der Waals surface area contributed by atoms with Gasteiger partial charge in [-0.3, -0.25) is 14.6 Å². The topological polar surface area (TPSA) is 101 Å². The van der Waals surface area contributed by atoms with Crippen molar-refractivity contribution in [3.8, 4) is 10.4 Å². The van der Waals surface area contributed by atoms with Crippen molar-refractivity contribution in [3.05, 3.63) is 78.0 Å². The molecule has 4 aromatic rings. The number of amides is 2. The summed E-state index contributed by atoms with van der Waals surface area (Å²) >= 11 is 1.17. The maximum Gasteiger partial charge on any atom is 0.274 e. The molecule has 9 heteroatoms. The fraction of sp³-hybridized carbons (Fsp3) is 0.231. The first kappa shape index (κ1) is 21.7. The van der Waals surface area contributed by atoms with Gasteiger partial charge < -0.3 is 16.0 Å². The van der Waals surface area contributed by atoms with Gasteiger partial charge in [-0.15, -0.1) is 0 Å². The summed E-state index contributed by atoms with van der Waals surface area (Å²) in [6, 6.07) is 15.5. The lowest BCUT2D eigenvalue weighted by Gasteiger charge is -2.27. The molecule has 2 fully saturated rings. The molecule has 3 N–H and O–H groups in total. The average molecular weight is 488 g/mol. The molecule has 2 aromatic carbocycles. The third kappa shape index (κ3) is 3.91. The highest BCUT2D eigenvalue weighted by Crippen LogP contribution is 2.49. The standard InChI is InChI=1S/C26H22FN5O2S/c27-17-6-3-5-15(10-17)23-22(31-26(28)35-23)25(34)32-18(11-16-12-20(16)32)13-30-24(33)21-19-7-2-1-4-14(19)8-9-29-21/h1-10,16,18,20H,11-13H2,(H2,28,31)(H,30,33)/t16-,18+,20+/m1/s1. The van der Waals surface area contributed by atoms with Crippen LogP contribution < -0.4 is 11.1 Å². The van der Waals surface area contributed by atoms with Crippen molar-refractivity contribution >= 4 is 39.1 Å². The van der Waals surface area contributed by atoms with Crippen molar-refractivity contribution < 1.29 is 14.0 Å². The van der Waals surface area contributed by atoms with E-state index in [2.05, 4.69) is 15.3 Å². The number of carbonyl (C=O) groups excluding carboxylic acids is 2. The summed E-state index contributed by atoms with van der Waals surface area (Å²) in [6.45, 7) is 0.317. The van der Waals surface area contributed by atoms with Crippen LogP contribution in [0.2, 0.25) is 0 Å². The van der Waals surface area contributed by atoms with Gasteiger partial charge in [-0.2, -0.15) is 0 Å². The second kappa shape index (κ2) is 8.42. The van der Waals surface area contributed by atoms with Crippen LogP contribution in [0.1, 0.15) is 33.8 Å². The van der Waals surface area contributed by atoms with Gasteiger partial charge in [0, 0.05) is 24.2 Å². The van der Waals surface area contributed by atoms with Gasteiger partial charge in [0.05, 0.1) is 10.9 Å². The Bertz CT molecular complexity index is 1470. The van der Waals surface area contributed by atoms with Crippen LogP contribution in [0.15, 0.2) is 60.8 Å². The number of pyridine rings is 1. The first-order valence-corrected chi connectivity index (χ1v) is 12.3. The van der Waals surface area contributed by atoms with Crippen molar-refractivity contribution in [2.45, 2.75) is 24.9 Å². The minimum absolute atomic E-state index is 0.128. The quantitative estimate of drug-likeness (QED) is 0.441. The molecular weight excluding hydrogens is 465 g/mol. The van der Waals surface area contributed by atoms with E-state index in [1.54, 1.807) is 18.3 Å². The van der Waals surface area contributed by atoms with Gasteiger partial charge in [-0.1, -0.05) is 47.7 Å². The monoisotopic (exact) mass is 487 g/mol. The zero-order valence-corrected chi connectivity index (χ0v) is 19.5. The molecule has 6 rings (SSSR count). The molecule has 1 saturated heterocycles. The number of likely N-dealkylation sites (tertiary alicyclic amines) is 1. The molecular formula is C26H22FN5O2S. The molecule has 1 aliphatic carbocycles. The lowest BCUT2D eigenvalue weighted by atomic mass is 10.1. The predicted octanol–water partition coefficient (Wildman–Crippen LogP) is 4.11. The number of aromatic nitrogens is 2. The van der Waals surface area contributed by atoms with Gasteiger partial charge in [0.1, 0.15) is 17.2 Å². The number of nitrogens with one attached hydrogen (secondary N) is 1. The van der Waals surface area contributed by atoms with E-state index in [1.807, 2.05) is 35.2 Å². The second-order valence-electron chi connectivity index (χ2n) is 9.00. The van der Waals surface area contributed by atoms with Crippen LogP contribution in [0.3, 0.4) is 0 Å². The molecule has 1 aliphatic heterocycles. The van der Waals surface area contributed by atoms with E-state index >= 15 is 0 Å². The normalized spacial score (nSPS) is 20.6. The summed E-state index contributed by atoms with van der Waals surface area (Å²) in [6.07, 6.45) is 3.38. The fourth-order valence-electron chi connectivity index (χ4n) is 5.08. The van der Waals surface area contributed by atoms with E-state index in [-0.39, 0.29) is 40.5 Å². The zero-order valence-electron chi connectivity index (χ0n) is 18.6. The summed E-state index contributed by atoms with van der Waals surface area (Å²) in [7, 11) is 0. The number of anilines is 1. The van der Waals surface area contributed by atoms with Crippen molar-refractivity contribution in [3.63, 3.8) is 0 Å². The molecule has 0 spiro atoms. The number of fused-ring (bicyclic) bond motifs is 2. The van der Waals surface area contributed by atoms with Gasteiger partial charge >= 0.3 is 0 Å². The lowest BCUT2D eigenvalue weighted by molar-refractivity contribution is 0.0684. The van der Waals surface area contributed by atoms with Crippen molar-refractivity contribution in [2.24, 2.45) is 5.92 Å². The van der Waals surface area contributed by atoms with Crippen LogP contribution in [0.4, 0.5) is 9.52 Å². The number of piperidine rings is 1. The molecule has 176 valence electrons. The summed E-state index contributed by atoms with van der Waals surface area (Å²) in [4.78, 5) is 37.6. The van der Waals surface area contributed by atoms with Crippen LogP contribution >= 0.6 is 11.3 Å². The SMILES string of the molecule is Nc1nc(C(=O)N2[C@H](CNC(=O)c3nccc4ccccc34)C[C@@H]3C[C@@H]32)c(-c2cccc(F)c2)s1. The number of hydrogen-bond donors (Lipinski definition) is 2. The summed E-state index contributed by atoms with van der Waals surface area (Å²) in [5, 5.41) is 4.96. The van der Waals surface area contributed by atoms with E-state index in [0.29, 0.717) is 28.6 Å². The number of rotatable bonds is 5. The third-order valence-electron chi connectivity index (χ3n) is 6.77. The number of halogens is 1. The molecule has 1 saturated carbocycles. The van der Waals surface area contributed by atoms with Gasteiger partial charge in [-0.25, -0.2) is 9.37 Å². The highest BCUT2D eigenvalue weighted by molar-refractivity contribution is 7.19. The second-order valence-corrected chi connectivity index (χ2v) is 10.0. The van der Waals surface area contributed by atoms with E-state index in [0.717, 1.165) is 23.6 Å². The van der Waals surface area contributed by atoms with Crippen LogP contribution in [0, 0.1) is 11.7 Å². The zero-order chi connectivity index (χ0) is 24.1. The number of nitrogens with two attached hydrogens (primary N) is 1. The number of hydrogen-bond acceptors (Lipinski definition) is 6. The Morgan fingerprint density at radius 1 is 1.11 bits per heavy atom. The highest BCUT2D eigenvalue weighted by atomic mass is 32.1. The molecule has 2 aromatic heterocycles. The summed E-state index contributed by atoms with van der Waals surface area (Å²) in [5.74, 6) is -0.470. The van der Waals surface area contributed by atoms with Gasteiger partial charge in [0.2, 0.25) is 0 Å². The van der Waals surface area contributed by atoms with Crippen molar-refractivity contribution in [1.82, 2.24) is 20.2 Å². The first-order valence-electron chi connectivity index (χ1n) is 11.5. The van der Waals surface area contributed by atoms with Crippen LogP contribution in [0.5, 0.6) is 0 Å². The Kier molecular flexibility index (Phi) is 5.21. The molecule has 0 bridgehead atoms. The molecule has 3 atom stereocenters. The smallest absolute Gasteiger partial charge is 0.274 e. The third-order valence-corrected chi connectivity index (χ3v) is 7.70. The highest BCUT2D eigenvalue weighted by Gasteiger charge is 2.54. The largest absolute Gasteiger partial charge is 0.375 e. The maximum atomic E-state index is 13.8. The minimum atomic E-state index is -0.390. The molecule has 3 heterocycles. The Balaban J connectivity index is 1.23. The molecule has 35 heavy (non-hydrogen) atoms. The number of thiazole rings is 1. The Labute approximate surface area is 204 Å². The Morgan fingerprint density at radius 2 is 1.97 bits per heavy atom. The minimum Gasteiger partial charge on any atom is -0.375 e. The molecule has 0 unspecified atom stereocenters. The van der Waals surface area contributed by atoms with Crippen LogP contribution in [0.25, 0.3) is 21.2 Å². The van der Waals surface area contributed by atoms with E-state index in [9.17, 15) is 14.0 Å². The first-order chi connectivity index (χ1) is 17.0. The van der Waals surface area contributed by atoms with Crippen LogP contribution in [-0.2, 0) is 0 Å². The number of nitrogen functional groups attached to an aromatic ring is 1. The fourth-order valence-corrected chi connectivity index (χ4v) is 5.90. The van der Waals surface area contributed by atoms with Gasteiger partial charge in [0.15, 0.2) is 5.13 Å². The van der Waals surface area contributed by atoms with Gasteiger partial charge in [0.25, 0.3) is 11.8 Å². The Hall–Kier alpha value is -3.85. The van der Waals surface area contributed by atoms with E-state index in [1.165, 1.54) is 23.5 Å². The van der Waals surface area contributed by atoms with E-state index < -0.39 is 0 Å². The molecule has 0 radical (unpaired) electrons. The Morgan fingerprint density at radius 3 is 2.83 bits per heavy atom. The summed E-state index contributed by atoms with van der Waals surface area (Å²) in [5.41, 5.74) is 7.13. The van der Waals surface area contributed by atoms with E-state index in [4.69, 9.17) is 5.73 Å². The predicted molar refractivity (Wildman–Crippen MR) is 132 cm³/mol. The number of nitrogens with zero attached hydrogens (tertiary/aromatic N) is 3. The van der Waals surface area contributed by atoms with Crippen molar-refractivity contribution in [1.29, 1.82) is 0 Å². The lowest BCUT2D eigenvalue weighted by Crippen LogP contribution is -2.45. The molecule has 2 amide bonds. The molecule has 2 aliphatic rings. The maximum absolute atomic E-state index is 13.8. The number of benzene rings is 2. The molecule has 7 nitrogen and oxygen atoms in total. The average Bonchev–Trinajstić information content (AvgIpc) is 3.35. The van der Waals surface area contributed by atoms with Gasteiger partial charge in [-0.05, 0) is 47.9 Å². The summed E-state index contributed by atoms with van der Waals surface area (Å²) < 4.78 is 13.8. The van der Waals surface area contributed by atoms with Crippen molar-refractivity contribution in [2.75, 3.05) is 12.3 Å².